The summed E-state index contributed by atoms with van der Waals surface area (Å²) in [6, 6.07) is 16.8. The van der Waals surface area contributed by atoms with Gasteiger partial charge >= 0.3 is 0 Å². The molecule has 5 heteroatoms. The number of fused-ring (bicyclic) bond motifs is 1. The number of amides is 1. The molecular weight excluding hydrogens is 418 g/mol. The quantitative estimate of drug-likeness (QED) is 0.557. The molecule has 2 aliphatic rings. The Bertz CT molecular complexity index is 1050. The number of nitrogens with one attached hydrogen (secondary N) is 1. The topological polar surface area (TPSA) is 39.3 Å². The van der Waals surface area contributed by atoms with Crippen LogP contribution in [0.4, 0.5) is 0 Å². The normalized spacial score (nSPS) is 19.0. The molecule has 0 aliphatic carbocycles. The van der Waals surface area contributed by atoms with Gasteiger partial charge in [0.05, 0.1) is 0 Å². The highest BCUT2D eigenvalue weighted by Gasteiger charge is 2.31. The van der Waals surface area contributed by atoms with E-state index in [1.165, 1.54) is 16.5 Å². The van der Waals surface area contributed by atoms with Crippen molar-refractivity contribution in [2.24, 2.45) is 11.8 Å². The van der Waals surface area contributed by atoms with Gasteiger partial charge in [-0.05, 0) is 80.4 Å². The fraction of sp³-hybridized carbons (Fsp3) is 0.444. The highest BCUT2D eigenvalue weighted by Crippen LogP contribution is 2.28. The first-order valence-electron chi connectivity index (χ1n) is 12.0. The Balaban J connectivity index is 1.10. The van der Waals surface area contributed by atoms with Crippen molar-refractivity contribution in [2.75, 3.05) is 26.2 Å². The third-order valence-corrected chi connectivity index (χ3v) is 7.59. The van der Waals surface area contributed by atoms with Crippen molar-refractivity contribution in [2.45, 2.75) is 38.6 Å². The van der Waals surface area contributed by atoms with Gasteiger partial charge in [0.15, 0.2) is 0 Å². The average molecular weight is 450 g/mol. The molecule has 4 nitrogen and oxygen atoms in total. The standard InChI is InChI=1S/C27H32ClN3O/c28-24-6-7-26-25(17-24)23(18-29-26)19-30-12-10-22(11-13-30)27(32)31-14-8-21(9-15-31)16-20-4-2-1-3-5-20/h1-7,17-18,21-22,29H,8-16,19H2. The number of aromatic amines is 1. The number of rotatable bonds is 5. The van der Waals surface area contributed by atoms with Crippen molar-refractivity contribution in [3.8, 4) is 0 Å². The van der Waals surface area contributed by atoms with E-state index in [0.29, 0.717) is 11.8 Å². The molecule has 0 bridgehead atoms. The number of likely N-dealkylation sites (tertiary alicyclic amines) is 2. The average Bonchev–Trinajstić information content (AvgIpc) is 3.22. The van der Waals surface area contributed by atoms with Gasteiger partial charge < -0.3 is 9.88 Å². The fourth-order valence-corrected chi connectivity index (χ4v) is 5.60. The summed E-state index contributed by atoms with van der Waals surface area (Å²) in [7, 11) is 0. The minimum atomic E-state index is 0.189. The van der Waals surface area contributed by atoms with Crippen molar-refractivity contribution in [1.29, 1.82) is 0 Å². The Labute approximate surface area is 195 Å². The Kier molecular flexibility index (Phi) is 6.52. The van der Waals surface area contributed by atoms with Crippen molar-refractivity contribution in [3.05, 3.63) is 70.9 Å². The third-order valence-electron chi connectivity index (χ3n) is 7.35. The summed E-state index contributed by atoms with van der Waals surface area (Å²) in [4.78, 5) is 21.1. The lowest BCUT2D eigenvalue weighted by molar-refractivity contribution is -0.138. The largest absolute Gasteiger partial charge is 0.361 e. The van der Waals surface area contributed by atoms with Crippen LogP contribution in [0.25, 0.3) is 10.9 Å². The first-order valence-corrected chi connectivity index (χ1v) is 12.3. The molecular formula is C27H32ClN3O. The number of nitrogens with zero attached hydrogens (tertiary/aromatic N) is 2. The maximum Gasteiger partial charge on any atom is 0.225 e. The molecule has 1 amide bonds. The summed E-state index contributed by atoms with van der Waals surface area (Å²) in [5.74, 6) is 1.28. The summed E-state index contributed by atoms with van der Waals surface area (Å²) in [5, 5.41) is 1.98. The van der Waals surface area contributed by atoms with Gasteiger partial charge in [0.25, 0.3) is 0 Å². The molecule has 1 N–H and O–H groups in total. The molecule has 168 valence electrons. The second-order valence-corrected chi connectivity index (χ2v) is 9.95. The summed E-state index contributed by atoms with van der Waals surface area (Å²) in [5.41, 5.74) is 3.83. The summed E-state index contributed by atoms with van der Waals surface area (Å²) >= 11 is 6.20. The van der Waals surface area contributed by atoms with Crippen molar-refractivity contribution >= 4 is 28.4 Å². The molecule has 2 aliphatic heterocycles. The van der Waals surface area contributed by atoms with E-state index >= 15 is 0 Å². The van der Waals surface area contributed by atoms with E-state index in [1.807, 2.05) is 18.2 Å². The number of piperidine rings is 2. The first kappa shape index (κ1) is 21.5. The third kappa shape index (κ3) is 4.87. The molecule has 3 heterocycles. The number of carbonyl (C=O) groups is 1. The van der Waals surface area contributed by atoms with Crippen LogP contribution in [0, 0.1) is 11.8 Å². The van der Waals surface area contributed by atoms with E-state index < -0.39 is 0 Å². The Hall–Kier alpha value is -2.30. The second kappa shape index (κ2) is 9.68. The van der Waals surface area contributed by atoms with Gasteiger partial charge in [0.1, 0.15) is 0 Å². The maximum atomic E-state index is 13.1. The van der Waals surface area contributed by atoms with Crippen LogP contribution in [0.3, 0.4) is 0 Å². The highest BCUT2D eigenvalue weighted by molar-refractivity contribution is 6.31. The minimum Gasteiger partial charge on any atom is -0.361 e. The molecule has 0 saturated carbocycles. The molecule has 5 rings (SSSR count). The SMILES string of the molecule is O=C(C1CCN(Cc2c[nH]c3ccc(Cl)cc23)CC1)N1CCC(Cc2ccccc2)CC1. The highest BCUT2D eigenvalue weighted by atomic mass is 35.5. The zero-order chi connectivity index (χ0) is 21.9. The van der Waals surface area contributed by atoms with Gasteiger partial charge in [-0.2, -0.15) is 0 Å². The van der Waals surface area contributed by atoms with E-state index in [1.54, 1.807) is 0 Å². The molecule has 0 unspecified atom stereocenters. The minimum absolute atomic E-state index is 0.189. The zero-order valence-electron chi connectivity index (χ0n) is 18.6. The van der Waals surface area contributed by atoms with Crippen LogP contribution < -0.4 is 0 Å². The fourth-order valence-electron chi connectivity index (χ4n) is 5.42. The Morgan fingerprint density at radius 2 is 1.72 bits per heavy atom. The predicted molar refractivity (Wildman–Crippen MR) is 131 cm³/mol. The molecule has 0 atom stereocenters. The van der Waals surface area contributed by atoms with E-state index in [0.717, 1.165) is 75.4 Å². The molecule has 32 heavy (non-hydrogen) atoms. The van der Waals surface area contributed by atoms with Gasteiger partial charge in [0, 0.05) is 47.7 Å². The second-order valence-electron chi connectivity index (χ2n) is 9.51. The van der Waals surface area contributed by atoms with Crippen molar-refractivity contribution in [3.63, 3.8) is 0 Å². The summed E-state index contributed by atoms with van der Waals surface area (Å²) < 4.78 is 0. The molecule has 2 fully saturated rings. The van der Waals surface area contributed by atoms with Crippen LogP contribution >= 0.6 is 11.6 Å². The zero-order valence-corrected chi connectivity index (χ0v) is 19.4. The number of hydrogen-bond acceptors (Lipinski definition) is 2. The molecule has 3 aromatic rings. The molecule has 0 spiro atoms. The smallest absolute Gasteiger partial charge is 0.225 e. The van der Waals surface area contributed by atoms with E-state index in [4.69, 9.17) is 11.6 Å². The van der Waals surface area contributed by atoms with Crippen LogP contribution in [0.5, 0.6) is 0 Å². The summed E-state index contributed by atoms with van der Waals surface area (Å²) in [6.45, 7) is 4.72. The lowest BCUT2D eigenvalue weighted by Gasteiger charge is -2.37. The van der Waals surface area contributed by atoms with Gasteiger partial charge in [-0.1, -0.05) is 41.9 Å². The predicted octanol–water partition coefficient (Wildman–Crippen LogP) is 5.51. The van der Waals surface area contributed by atoms with Crippen LogP contribution in [-0.2, 0) is 17.8 Å². The lowest BCUT2D eigenvalue weighted by atomic mass is 9.88. The number of hydrogen-bond donors (Lipinski definition) is 1. The molecule has 1 aromatic heterocycles. The monoisotopic (exact) mass is 449 g/mol. The molecule has 2 saturated heterocycles. The van der Waals surface area contributed by atoms with Crippen molar-refractivity contribution < 1.29 is 4.79 Å². The van der Waals surface area contributed by atoms with E-state index in [9.17, 15) is 4.79 Å². The first-order chi connectivity index (χ1) is 15.7. The van der Waals surface area contributed by atoms with E-state index in [-0.39, 0.29) is 5.92 Å². The number of carbonyl (C=O) groups excluding carboxylic acids is 1. The lowest BCUT2D eigenvalue weighted by Crippen LogP contribution is -2.45. The van der Waals surface area contributed by atoms with Crippen molar-refractivity contribution in [1.82, 2.24) is 14.8 Å². The van der Waals surface area contributed by atoms with Crippen LogP contribution in [0.1, 0.15) is 36.8 Å². The maximum absolute atomic E-state index is 13.1. The van der Waals surface area contributed by atoms with Gasteiger partial charge in [-0.25, -0.2) is 0 Å². The summed E-state index contributed by atoms with van der Waals surface area (Å²) in [6.07, 6.45) is 7.42. The van der Waals surface area contributed by atoms with Gasteiger partial charge in [-0.3, -0.25) is 9.69 Å². The van der Waals surface area contributed by atoms with Crippen LogP contribution in [0.2, 0.25) is 5.02 Å². The molecule has 0 radical (unpaired) electrons. The molecule has 2 aromatic carbocycles. The number of H-pyrrole nitrogens is 1. The number of benzene rings is 2. The van der Waals surface area contributed by atoms with Gasteiger partial charge in [0.2, 0.25) is 5.91 Å². The van der Waals surface area contributed by atoms with Crippen LogP contribution in [-0.4, -0.2) is 46.9 Å². The van der Waals surface area contributed by atoms with Crippen LogP contribution in [0.15, 0.2) is 54.7 Å². The number of aromatic nitrogens is 1. The Morgan fingerprint density at radius 3 is 2.47 bits per heavy atom. The van der Waals surface area contributed by atoms with E-state index in [2.05, 4.69) is 51.3 Å². The Morgan fingerprint density at radius 1 is 0.969 bits per heavy atom. The number of halogens is 1. The van der Waals surface area contributed by atoms with Gasteiger partial charge in [-0.15, -0.1) is 0 Å².